The van der Waals surface area contributed by atoms with Gasteiger partial charge >= 0.3 is 0 Å². The summed E-state index contributed by atoms with van der Waals surface area (Å²) in [6.07, 6.45) is 0. The van der Waals surface area contributed by atoms with Crippen molar-refractivity contribution in [3.63, 3.8) is 0 Å². The molecule has 0 N–H and O–H groups in total. The van der Waals surface area contributed by atoms with Crippen molar-refractivity contribution in [1.29, 1.82) is 0 Å². The second-order valence-electron chi connectivity index (χ2n) is 3.30. The molecule has 0 aliphatic rings. The van der Waals surface area contributed by atoms with Crippen LogP contribution in [0.15, 0.2) is 36.4 Å². The van der Waals surface area contributed by atoms with Crippen LogP contribution in [0.1, 0.15) is 12.6 Å². The Balaban J connectivity index is 0.000000845. The quantitative estimate of drug-likeness (QED) is 0.548. The fraction of sp³-hybridized carbons (Fsp3) is 0.167. The zero-order valence-electron chi connectivity index (χ0n) is 7.46. The van der Waals surface area contributed by atoms with E-state index in [-0.39, 0.29) is 1.43 Å². The van der Waals surface area contributed by atoms with Crippen LogP contribution in [0, 0.1) is 13.8 Å². The Labute approximate surface area is 74.3 Å². The van der Waals surface area contributed by atoms with Crippen LogP contribution < -0.4 is 0 Å². The molecule has 0 fully saturated rings. The lowest BCUT2D eigenvalue weighted by molar-refractivity contribution is 1.48. The largest absolute Gasteiger partial charge is 0.0614 e. The van der Waals surface area contributed by atoms with Crippen LogP contribution >= 0.6 is 0 Å². The highest BCUT2D eigenvalue weighted by molar-refractivity contribution is 5.85. The van der Waals surface area contributed by atoms with Gasteiger partial charge in [-0.25, -0.2) is 0 Å². The number of rotatable bonds is 0. The Bertz CT molecular complexity index is 418. The summed E-state index contributed by atoms with van der Waals surface area (Å²) in [6.45, 7) is 4.28. The molecule has 0 aliphatic heterocycles. The van der Waals surface area contributed by atoms with Crippen molar-refractivity contribution < 1.29 is 1.43 Å². The van der Waals surface area contributed by atoms with Crippen molar-refractivity contribution in [1.82, 2.24) is 0 Å². The third kappa shape index (κ3) is 1.10. The monoisotopic (exact) mass is 158 g/mol. The first-order chi connectivity index (χ1) is 5.77. The topological polar surface area (TPSA) is 0 Å². The highest BCUT2D eigenvalue weighted by atomic mass is 14.0. The minimum Gasteiger partial charge on any atom is -0.0614 e. The SMILES string of the molecule is Cc1ccc2c(C)cccc2c1.[HH]. The van der Waals surface area contributed by atoms with E-state index in [4.69, 9.17) is 0 Å². The molecule has 0 saturated carbocycles. The third-order valence-corrected chi connectivity index (χ3v) is 2.25. The summed E-state index contributed by atoms with van der Waals surface area (Å²) < 4.78 is 0. The lowest BCUT2D eigenvalue weighted by Crippen LogP contribution is -1.78. The van der Waals surface area contributed by atoms with Gasteiger partial charge in [0, 0.05) is 1.43 Å². The third-order valence-electron chi connectivity index (χ3n) is 2.25. The molecule has 0 atom stereocenters. The van der Waals surface area contributed by atoms with Gasteiger partial charge in [-0.1, -0.05) is 42.0 Å². The Morgan fingerprint density at radius 1 is 1.00 bits per heavy atom. The van der Waals surface area contributed by atoms with Gasteiger partial charge in [0.1, 0.15) is 0 Å². The molecule has 0 bridgehead atoms. The first-order valence-corrected chi connectivity index (χ1v) is 4.23. The molecule has 0 aromatic heterocycles. The fourth-order valence-corrected chi connectivity index (χ4v) is 1.57. The molecular weight excluding hydrogens is 144 g/mol. The molecule has 0 heteroatoms. The molecule has 0 nitrogen and oxygen atoms in total. The lowest BCUT2D eigenvalue weighted by atomic mass is 10.0. The van der Waals surface area contributed by atoms with E-state index in [1.165, 1.54) is 21.9 Å². The van der Waals surface area contributed by atoms with Gasteiger partial charge in [-0.3, -0.25) is 0 Å². The zero-order chi connectivity index (χ0) is 8.55. The van der Waals surface area contributed by atoms with Crippen molar-refractivity contribution >= 4 is 10.8 Å². The van der Waals surface area contributed by atoms with E-state index in [9.17, 15) is 0 Å². The average Bonchev–Trinajstić information content (AvgIpc) is 2.04. The number of aryl methyl sites for hydroxylation is 2. The minimum absolute atomic E-state index is 0. The molecular formula is C12H14. The van der Waals surface area contributed by atoms with Crippen molar-refractivity contribution in [3.05, 3.63) is 47.5 Å². The van der Waals surface area contributed by atoms with Crippen molar-refractivity contribution in [2.24, 2.45) is 0 Å². The number of hydrogen-bond acceptors (Lipinski definition) is 0. The van der Waals surface area contributed by atoms with Crippen LogP contribution in [0.2, 0.25) is 0 Å². The number of hydrogen-bond donors (Lipinski definition) is 0. The molecule has 0 spiro atoms. The van der Waals surface area contributed by atoms with Gasteiger partial charge < -0.3 is 0 Å². The van der Waals surface area contributed by atoms with Crippen molar-refractivity contribution in [2.45, 2.75) is 13.8 Å². The standard InChI is InChI=1S/C12H12.H2/c1-9-6-7-12-10(2)4-3-5-11(12)8-9;/h3-8H,1-2H3;1H. The van der Waals surface area contributed by atoms with E-state index in [1.54, 1.807) is 0 Å². The summed E-state index contributed by atoms with van der Waals surface area (Å²) in [4.78, 5) is 0. The summed E-state index contributed by atoms with van der Waals surface area (Å²) in [7, 11) is 0. The van der Waals surface area contributed by atoms with E-state index in [0.29, 0.717) is 0 Å². The van der Waals surface area contributed by atoms with Crippen LogP contribution in [0.3, 0.4) is 0 Å². The zero-order valence-corrected chi connectivity index (χ0v) is 7.46. The number of benzene rings is 2. The maximum atomic E-state index is 2.22. The molecule has 0 amide bonds. The van der Waals surface area contributed by atoms with Gasteiger partial charge in [0.2, 0.25) is 0 Å². The lowest BCUT2D eigenvalue weighted by Gasteiger charge is -2.01. The summed E-state index contributed by atoms with van der Waals surface area (Å²) in [5.74, 6) is 0. The van der Waals surface area contributed by atoms with Crippen LogP contribution in [-0.2, 0) is 0 Å². The van der Waals surface area contributed by atoms with E-state index >= 15 is 0 Å². The summed E-state index contributed by atoms with van der Waals surface area (Å²) >= 11 is 0. The van der Waals surface area contributed by atoms with Crippen LogP contribution in [-0.4, -0.2) is 0 Å². The molecule has 2 aromatic carbocycles. The van der Waals surface area contributed by atoms with Gasteiger partial charge in [-0.15, -0.1) is 0 Å². The smallest absolute Gasteiger partial charge is 0 e. The Morgan fingerprint density at radius 2 is 1.83 bits per heavy atom. The fourth-order valence-electron chi connectivity index (χ4n) is 1.57. The Morgan fingerprint density at radius 3 is 2.67 bits per heavy atom. The average molecular weight is 158 g/mol. The molecule has 0 saturated heterocycles. The molecule has 12 heavy (non-hydrogen) atoms. The normalized spacial score (nSPS) is 10.5. The van der Waals surface area contributed by atoms with Crippen molar-refractivity contribution in [3.8, 4) is 0 Å². The predicted octanol–water partition coefficient (Wildman–Crippen LogP) is 3.70. The highest BCUT2D eigenvalue weighted by Crippen LogP contribution is 2.18. The van der Waals surface area contributed by atoms with Crippen molar-refractivity contribution in [2.75, 3.05) is 0 Å². The number of fused-ring (bicyclic) bond motifs is 1. The van der Waals surface area contributed by atoms with Crippen LogP contribution in [0.25, 0.3) is 10.8 Å². The Hall–Kier alpha value is -1.30. The second-order valence-corrected chi connectivity index (χ2v) is 3.30. The van der Waals surface area contributed by atoms with E-state index in [0.717, 1.165) is 0 Å². The van der Waals surface area contributed by atoms with E-state index < -0.39 is 0 Å². The minimum atomic E-state index is 0. The molecule has 2 rings (SSSR count). The van der Waals surface area contributed by atoms with Gasteiger partial charge in [0.15, 0.2) is 0 Å². The molecule has 0 heterocycles. The summed E-state index contributed by atoms with van der Waals surface area (Å²) in [5.41, 5.74) is 2.68. The van der Waals surface area contributed by atoms with Crippen LogP contribution in [0.4, 0.5) is 0 Å². The van der Waals surface area contributed by atoms with Gasteiger partial charge in [-0.2, -0.15) is 0 Å². The molecule has 0 aliphatic carbocycles. The summed E-state index contributed by atoms with van der Waals surface area (Å²) in [5, 5.41) is 2.71. The van der Waals surface area contributed by atoms with Gasteiger partial charge in [-0.05, 0) is 30.2 Å². The molecule has 2 aromatic rings. The molecule has 0 unspecified atom stereocenters. The maximum absolute atomic E-state index is 2.22. The van der Waals surface area contributed by atoms with E-state index in [2.05, 4.69) is 50.2 Å². The molecule has 0 radical (unpaired) electrons. The van der Waals surface area contributed by atoms with Gasteiger partial charge in [0.25, 0.3) is 0 Å². The first kappa shape index (κ1) is 7.35. The predicted molar refractivity (Wildman–Crippen MR) is 55.5 cm³/mol. The van der Waals surface area contributed by atoms with E-state index in [1.807, 2.05) is 0 Å². The maximum Gasteiger partial charge on any atom is 0 e. The highest BCUT2D eigenvalue weighted by Gasteiger charge is 1.94. The van der Waals surface area contributed by atoms with Gasteiger partial charge in [0.05, 0.1) is 0 Å². The second kappa shape index (κ2) is 2.63. The summed E-state index contributed by atoms with van der Waals surface area (Å²) in [6, 6.07) is 13.0. The van der Waals surface area contributed by atoms with Crippen LogP contribution in [0.5, 0.6) is 0 Å². The first-order valence-electron chi connectivity index (χ1n) is 4.23. The molecule has 62 valence electrons. The Kier molecular flexibility index (Phi) is 1.61.